The molecular formula is C23H22N4OS. The van der Waals surface area contributed by atoms with Crippen molar-refractivity contribution >= 4 is 27.5 Å². The summed E-state index contributed by atoms with van der Waals surface area (Å²) in [5.41, 5.74) is 2.92. The van der Waals surface area contributed by atoms with Crippen LogP contribution < -0.4 is 0 Å². The zero-order valence-electron chi connectivity index (χ0n) is 16.1. The van der Waals surface area contributed by atoms with Crippen molar-refractivity contribution in [3.63, 3.8) is 0 Å². The van der Waals surface area contributed by atoms with Gasteiger partial charge in [0.2, 0.25) is 0 Å². The molecule has 0 spiro atoms. The van der Waals surface area contributed by atoms with Crippen LogP contribution in [0.2, 0.25) is 0 Å². The van der Waals surface area contributed by atoms with Gasteiger partial charge in [0.15, 0.2) is 0 Å². The van der Waals surface area contributed by atoms with E-state index in [4.69, 9.17) is 4.98 Å². The second kappa shape index (κ2) is 7.79. The quantitative estimate of drug-likeness (QED) is 0.503. The summed E-state index contributed by atoms with van der Waals surface area (Å²) < 4.78 is 3.07. The lowest BCUT2D eigenvalue weighted by molar-refractivity contribution is 0.0713. The maximum Gasteiger partial charge on any atom is 0.257 e. The Morgan fingerprint density at radius 1 is 1.03 bits per heavy atom. The maximum atomic E-state index is 12.9. The normalized spacial score (nSPS) is 15.1. The highest BCUT2D eigenvalue weighted by atomic mass is 32.1. The van der Waals surface area contributed by atoms with Crippen LogP contribution >= 0.6 is 11.3 Å². The number of amides is 1. The number of likely N-dealkylation sites (tertiary alicyclic amines) is 1. The zero-order chi connectivity index (χ0) is 19.6. The SMILES string of the molecule is O=C(c1cnn(Cc2ccccc2)c1)N1CCC(c2nc3ccccc3s2)CC1. The number of rotatable bonds is 4. The molecule has 0 bridgehead atoms. The Hall–Kier alpha value is -2.99. The third-order valence-corrected chi connectivity index (χ3v) is 6.71. The number of nitrogens with zero attached hydrogens (tertiary/aromatic N) is 4. The lowest BCUT2D eigenvalue weighted by Crippen LogP contribution is -2.37. The molecule has 5 rings (SSSR count). The highest BCUT2D eigenvalue weighted by Crippen LogP contribution is 2.34. The van der Waals surface area contributed by atoms with Crippen LogP contribution in [0.1, 0.15) is 39.7 Å². The summed E-state index contributed by atoms with van der Waals surface area (Å²) in [5, 5.41) is 5.58. The number of fused-ring (bicyclic) bond motifs is 1. The number of carbonyl (C=O) groups is 1. The van der Waals surface area contributed by atoms with Crippen LogP contribution in [-0.2, 0) is 6.54 Å². The van der Waals surface area contributed by atoms with Gasteiger partial charge < -0.3 is 4.90 Å². The van der Waals surface area contributed by atoms with Crippen molar-refractivity contribution in [1.29, 1.82) is 0 Å². The van der Waals surface area contributed by atoms with Crippen LogP contribution in [0.25, 0.3) is 10.2 Å². The van der Waals surface area contributed by atoms with Gasteiger partial charge in [0.05, 0.1) is 33.5 Å². The van der Waals surface area contributed by atoms with Crippen LogP contribution in [0.3, 0.4) is 0 Å². The number of piperidine rings is 1. The third kappa shape index (κ3) is 3.80. The van der Waals surface area contributed by atoms with Crippen LogP contribution in [0.4, 0.5) is 0 Å². The Bertz CT molecular complexity index is 1090. The summed E-state index contributed by atoms with van der Waals surface area (Å²) in [4.78, 5) is 19.7. The molecule has 1 fully saturated rings. The monoisotopic (exact) mass is 402 g/mol. The van der Waals surface area contributed by atoms with Gasteiger partial charge in [-0.05, 0) is 30.5 Å². The van der Waals surface area contributed by atoms with Gasteiger partial charge >= 0.3 is 0 Å². The Kier molecular flexibility index (Phi) is 4.86. The Morgan fingerprint density at radius 2 is 1.79 bits per heavy atom. The summed E-state index contributed by atoms with van der Waals surface area (Å²) in [7, 11) is 0. The van der Waals surface area contributed by atoms with E-state index in [1.54, 1.807) is 17.5 Å². The molecule has 0 N–H and O–H groups in total. The molecule has 2 aromatic carbocycles. The van der Waals surface area contributed by atoms with E-state index in [0.29, 0.717) is 18.0 Å². The molecule has 0 saturated carbocycles. The third-order valence-electron chi connectivity index (χ3n) is 5.51. The number of hydrogen-bond acceptors (Lipinski definition) is 4. The second-order valence-electron chi connectivity index (χ2n) is 7.50. The predicted octanol–water partition coefficient (Wildman–Crippen LogP) is 4.56. The highest BCUT2D eigenvalue weighted by molar-refractivity contribution is 7.18. The summed E-state index contributed by atoms with van der Waals surface area (Å²) >= 11 is 1.79. The molecule has 0 unspecified atom stereocenters. The summed E-state index contributed by atoms with van der Waals surface area (Å²) in [6.07, 6.45) is 5.47. The first kappa shape index (κ1) is 18.1. The Labute approximate surface area is 173 Å². The lowest BCUT2D eigenvalue weighted by atomic mass is 9.97. The van der Waals surface area contributed by atoms with E-state index in [-0.39, 0.29) is 5.91 Å². The molecule has 29 heavy (non-hydrogen) atoms. The average Bonchev–Trinajstić information content (AvgIpc) is 3.41. The molecular weight excluding hydrogens is 380 g/mol. The Balaban J connectivity index is 1.22. The van der Waals surface area contributed by atoms with Gasteiger partial charge in [-0.25, -0.2) is 4.98 Å². The molecule has 2 aromatic heterocycles. The van der Waals surface area contributed by atoms with Crippen LogP contribution in [-0.4, -0.2) is 38.7 Å². The van der Waals surface area contributed by atoms with E-state index in [1.807, 2.05) is 40.0 Å². The van der Waals surface area contributed by atoms with Gasteiger partial charge in [0, 0.05) is 25.2 Å². The van der Waals surface area contributed by atoms with Crippen molar-refractivity contribution < 1.29 is 4.79 Å². The molecule has 3 heterocycles. The predicted molar refractivity (Wildman–Crippen MR) is 115 cm³/mol. The molecule has 1 aliphatic rings. The van der Waals surface area contributed by atoms with Crippen molar-refractivity contribution in [1.82, 2.24) is 19.7 Å². The first-order valence-corrected chi connectivity index (χ1v) is 10.8. The van der Waals surface area contributed by atoms with Gasteiger partial charge in [-0.1, -0.05) is 42.5 Å². The van der Waals surface area contributed by atoms with Crippen molar-refractivity contribution in [2.24, 2.45) is 0 Å². The molecule has 146 valence electrons. The van der Waals surface area contributed by atoms with Gasteiger partial charge in [0.25, 0.3) is 5.91 Å². The van der Waals surface area contributed by atoms with Crippen molar-refractivity contribution in [2.45, 2.75) is 25.3 Å². The molecule has 5 nitrogen and oxygen atoms in total. The molecule has 1 saturated heterocycles. The highest BCUT2D eigenvalue weighted by Gasteiger charge is 2.27. The molecule has 1 amide bonds. The molecule has 0 aliphatic carbocycles. The van der Waals surface area contributed by atoms with E-state index >= 15 is 0 Å². The molecule has 1 aliphatic heterocycles. The zero-order valence-corrected chi connectivity index (χ0v) is 16.9. The fourth-order valence-electron chi connectivity index (χ4n) is 3.91. The topological polar surface area (TPSA) is 51.0 Å². The van der Waals surface area contributed by atoms with Crippen molar-refractivity contribution in [2.75, 3.05) is 13.1 Å². The maximum absolute atomic E-state index is 12.9. The second-order valence-corrected chi connectivity index (χ2v) is 8.56. The first-order valence-electron chi connectivity index (χ1n) is 9.97. The Morgan fingerprint density at radius 3 is 2.59 bits per heavy atom. The van der Waals surface area contributed by atoms with Crippen LogP contribution in [0.15, 0.2) is 67.0 Å². The number of hydrogen-bond donors (Lipinski definition) is 0. The van der Waals surface area contributed by atoms with Gasteiger partial charge in [-0.2, -0.15) is 5.10 Å². The average molecular weight is 403 g/mol. The summed E-state index contributed by atoms with van der Waals surface area (Å²) in [6, 6.07) is 18.4. The van der Waals surface area contributed by atoms with E-state index in [0.717, 1.165) is 31.4 Å². The largest absolute Gasteiger partial charge is 0.339 e. The standard InChI is InChI=1S/C23H22N4OS/c28-23(19-14-24-27(16-19)15-17-6-2-1-3-7-17)26-12-10-18(11-13-26)22-25-20-8-4-5-9-21(20)29-22/h1-9,14,16,18H,10-13,15H2. The minimum Gasteiger partial charge on any atom is -0.339 e. The van der Waals surface area contributed by atoms with Crippen LogP contribution in [0.5, 0.6) is 0 Å². The molecule has 4 aromatic rings. The van der Waals surface area contributed by atoms with Gasteiger partial charge in [-0.15, -0.1) is 11.3 Å². The molecule has 0 atom stereocenters. The number of carbonyl (C=O) groups excluding carboxylic acids is 1. The van der Waals surface area contributed by atoms with Crippen LogP contribution in [0, 0.1) is 0 Å². The fourth-order valence-corrected chi connectivity index (χ4v) is 5.04. The minimum absolute atomic E-state index is 0.0760. The lowest BCUT2D eigenvalue weighted by Gasteiger charge is -2.30. The molecule has 6 heteroatoms. The minimum atomic E-state index is 0.0760. The van der Waals surface area contributed by atoms with E-state index in [2.05, 4.69) is 35.4 Å². The van der Waals surface area contributed by atoms with E-state index < -0.39 is 0 Å². The summed E-state index contributed by atoms with van der Waals surface area (Å²) in [6.45, 7) is 2.21. The van der Waals surface area contributed by atoms with Crippen molar-refractivity contribution in [3.05, 3.63) is 83.1 Å². The number of benzene rings is 2. The van der Waals surface area contributed by atoms with E-state index in [9.17, 15) is 4.79 Å². The summed E-state index contributed by atoms with van der Waals surface area (Å²) in [5.74, 6) is 0.518. The number of para-hydroxylation sites is 1. The van der Waals surface area contributed by atoms with E-state index in [1.165, 1.54) is 15.3 Å². The van der Waals surface area contributed by atoms with Crippen molar-refractivity contribution in [3.8, 4) is 0 Å². The van der Waals surface area contributed by atoms with Gasteiger partial charge in [0.1, 0.15) is 0 Å². The first-order chi connectivity index (χ1) is 14.3. The number of thiazole rings is 1. The van der Waals surface area contributed by atoms with Gasteiger partial charge in [-0.3, -0.25) is 9.48 Å². The fraction of sp³-hybridized carbons (Fsp3) is 0.261. The smallest absolute Gasteiger partial charge is 0.257 e. The number of aromatic nitrogens is 3. The molecule has 0 radical (unpaired) electrons.